The van der Waals surface area contributed by atoms with Gasteiger partial charge in [0.2, 0.25) is 5.91 Å². The summed E-state index contributed by atoms with van der Waals surface area (Å²) in [6.07, 6.45) is 1.79. The van der Waals surface area contributed by atoms with Gasteiger partial charge in [0.05, 0.1) is 6.04 Å². The van der Waals surface area contributed by atoms with Crippen LogP contribution in [0.25, 0.3) is 0 Å². The highest BCUT2D eigenvalue weighted by molar-refractivity contribution is 6.18. The third-order valence-electron chi connectivity index (χ3n) is 1.77. The van der Waals surface area contributed by atoms with E-state index >= 15 is 0 Å². The molecule has 0 spiro atoms. The molecule has 2 N–H and O–H groups in total. The predicted molar refractivity (Wildman–Crippen MR) is 61.1 cm³/mol. The van der Waals surface area contributed by atoms with E-state index in [0.29, 0.717) is 24.8 Å². The van der Waals surface area contributed by atoms with Crippen molar-refractivity contribution in [1.82, 2.24) is 10.6 Å². The predicted octanol–water partition coefficient (Wildman–Crippen LogP) is 1.34. The van der Waals surface area contributed by atoms with Gasteiger partial charge in [-0.05, 0) is 6.42 Å². The van der Waals surface area contributed by atoms with Crippen molar-refractivity contribution in [3.8, 4) is 0 Å². The molecule has 0 rings (SSSR count). The number of alkyl halides is 2. The first-order chi connectivity index (χ1) is 6.76. The quantitative estimate of drug-likeness (QED) is 0.629. The van der Waals surface area contributed by atoms with Crippen LogP contribution in [0.1, 0.15) is 19.8 Å². The highest BCUT2D eigenvalue weighted by atomic mass is 35.5. The number of halogens is 2. The number of rotatable bonds is 8. The van der Waals surface area contributed by atoms with Crippen molar-refractivity contribution in [2.75, 3.05) is 24.8 Å². The lowest BCUT2D eigenvalue weighted by Gasteiger charge is -2.16. The van der Waals surface area contributed by atoms with Crippen molar-refractivity contribution in [2.24, 2.45) is 0 Å². The fourth-order valence-corrected chi connectivity index (χ4v) is 1.34. The molecule has 3 nitrogen and oxygen atoms in total. The Kier molecular flexibility index (Phi) is 9.57. The van der Waals surface area contributed by atoms with Gasteiger partial charge in [-0.2, -0.15) is 0 Å². The lowest BCUT2D eigenvalue weighted by molar-refractivity contribution is -0.123. The van der Waals surface area contributed by atoms with E-state index in [9.17, 15) is 4.79 Å². The average Bonchev–Trinajstić information content (AvgIpc) is 2.20. The number of carbonyl (C=O) groups excluding carboxylic acids is 1. The van der Waals surface area contributed by atoms with Gasteiger partial charge in [0.25, 0.3) is 0 Å². The summed E-state index contributed by atoms with van der Waals surface area (Å²) >= 11 is 11.0. The summed E-state index contributed by atoms with van der Waals surface area (Å²) in [5.74, 6) is 0.973. The van der Waals surface area contributed by atoms with Crippen LogP contribution >= 0.6 is 23.2 Å². The molecular formula is C9H18Cl2N2O. The van der Waals surface area contributed by atoms with Crippen LogP contribution in [0.2, 0.25) is 0 Å². The third-order valence-corrected chi connectivity index (χ3v) is 2.15. The molecular weight excluding hydrogens is 223 g/mol. The van der Waals surface area contributed by atoms with Gasteiger partial charge in [-0.15, -0.1) is 23.2 Å². The fraction of sp³-hybridized carbons (Fsp3) is 0.889. The first-order valence-electron chi connectivity index (χ1n) is 4.89. The van der Waals surface area contributed by atoms with Gasteiger partial charge in [-0.25, -0.2) is 0 Å². The molecule has 0 saturated heterocycles. The van der Waals surface area contributed by atoms with E-state index in [2.05, 4.69) is 10.6 Å². The Morgan fingerprint density at radius 1 is 1.29 bits per heavy atom. The van der Waals surface area contributed by atoms with Crippen LogP contribution in [0.3, 0.4) is 0 Å². The second-order valence-electron chi connectivity index (χ2n) is 2.96. The molecule has 0 aromatic carbocycles. The van der Waals surface area contributed by atoms with E-state index in [0.717, 1.165) is 12.8 Å². The Bertz CT molecular complexity index is 156. The number of carbonyl (C=O) groups is 1. The lowest BCUT2D eigenvalue weighted by Crippen LogP contribution is -2.45. The van der Waals surface area contributed by atoms with Crippen molar-refractivity contribution >= 4 is 29.1 Å². The summed E-state index contributed by atoms with van der Waals surface area (Å²) in [5.41, 5.74) is 0. The van der Waals surface area contributed by atoms with Crippen LogP contribution in [0.15, 0.2) is 0 Å². The Hall–Kier alpha value is 0.01000. The van der Waals surface area contributed by atoms with Crippen LogP contribution in [0.5, 0.6) is 0 Å². The van der Waals surface area contributed by atoms with E-state index in [1.54, 1.807) is 0 Å². The van der Waals surface area contributed by atoms with Gasteiger partial charge in [0, 0.05) is 24.8 Å². The van der Waals surface area contributed by atoms with Crippen molar-refractivity contribution in [2.45, 2.75) is 25.8 Å². The maximum absolute atomic E-state index is 11.5. The van der Waals surface area contributed by atoms with E-state index in [1.807, 2.05) is 6.92 Å². The molecule has 0 aromatic rings. The zero-order valence-corrected chi connectivity index (χ0v) is 10.00. The fourth-order valence-electron chi connectivity index (χ4n) is 1.14. The van der Waals surface area contributed by atoms with Gasteiger partial charge in [0.15, 0.2) is 0 Å². The summed E-state index contributed by atoms with van der Waals surface area (Å²) in [6, 6.07) is -0.137. The third kappa shape index (κ3) is 6.46. The number of hydrogen-bond donors (Lipinski definition) is 2. The van der Waals surface area contributed by atoms with E-state index in [-0.39, 0.29) is 11.9 Å². The normalized spacial score (nSPS) is 12.5. The molecule has 0 aliphatic rings. The Balaban J connectivity index is 3.84. The van der Waals surface area contributed by atoms with Crippen LogP contribution in [-0.4, -0.2) is 36.8 Å². The second kappa shape index (κ2) is 9.56. The first-order valence-corrected chi connectivity index (χ1v) is 5.96. The van der Waals surface area contributed by atoms with Crippen LogP contribution < -0.4 is 10.6 Å². The number of amides is 1. The first kappa shape index (κ1) is 14.0. The Labute approximate surface area is 95.5 Å². The minimum Gasteiger partial charge on any atom is -0.354 e. The van der Waals surface area contributed by atoms with E-state index < -0.39 is 0 Å². The average molecular weight is 241 g/mol. The summed E-state index contributed by atoms with van der Waals surface area (Å²) in [7, 11) is 0. The van der Waals surface area contributed by atoms with Crippen LogP contribution in [0.4, 0.5) is 0 Å². The monoisotopic (exact) mass is 240 g/mol. The van der Waals surface area contributed by atoms with Crippen molar-refractivity contribution in [1.29, 1.82) is 0 Å². The zero-order valence-electron chi connectivity index (χ0n) is 8.48. The molecule has 0 heterocycles. The van der Waals surface area contributed by atoms with Crippen LogP contribution in [0, 0.1) is 0 Å². The van der Waals surface area contributed by atoms with Gasteiger partial charge in [0.1, 0.15) is 0 Å². The maximum atomic E-state index is 11.5. The number of nitrogens with one attached hydrogen (secondary N) is 2. The summed E-state index contributed by atoms with van der Waals surface area (Å²) in [5, 5.41) is 5.84. The standard InChI is InChI=1S/C9H18Cl2N2O/c1-2-3-8(12-6-4-10)9(14)13-7-5-11/h8,12H,2-7H2,1H3,(H,13,14). The molecule has 1 atom stereocenters. The molecule has 0 radical (unpaired) electrons. The molecule has 0 aliphatic heterocycles. The largest absolute Gasteiger partial charge is 0.354 e. The molecule has 84 valence electrons. The van der Waals surface area contributed by atoms with Gasteiger partial charge in [-0.1, -0.05) is 13.3 Å². The lowest BCUT2D eigenvalue weighted by atomic mass is 10.1. The summed E-state index contributed by atoms with van der Waals surface area (Å²) < 4.78 is 0. The van der Waals surface area contributed by atoms with Gasteiger partial charge in [-0.3, -0.25) is 4.79 Å². The Morgan fingerprint density at radius 2 is 1.93 bits per heavy atom. The van der Waals surface area contributed by atoms with Crippen molar-refractivity contribution in [3.05, 3.63) is 0 Å². The molecule has 0 aliphatic carbocycles. The van der Waals surface area contributed by atoms with Crippen molar-refractivity contribution < 1.29 is 4.79 Å². The highest BCUT2D eigenvalue weighted by Crippen LogP contribution is 1.96. The molecule has 0 bridgehead atoms. The minimum atomic E-state index is -0.137. The van der Waals surface area contributed by atoms with E-state index in [1.165, 1.54) is 0 Å². The number of hydrogen-bond acceptors (Lipinski definition) is 2. The van der Waals surface area contributed by atoms with Crippen molar-refractivity contribution in [3.63, 3.8) is 0 Å². The molecule has 0 aromatic heterocycles. The molecule has 14 heavy (non-hydrogen) atoms. The summed E-state index contributed by atoms with van der Waals surface area (Å²) in [6.45, 7) is 3.22. The SMILES string of the molecule is CCCC(NCCCl)C(=O)NCCCl. The van der Waals surface area contributed by atoms with Gasteiger partial charge >= 0.3 is 0 Å². The minimum absolute atomic E-state index is 0.0117. The smallest absolute Gasteiger partial charge is 0.237 e. The Morgan fingerprint density at radius 3 is 2.43 bits per heavy atom. The molecule has 0 saturated carbocycles. The second-order valence-corrected chi connectivity index (χ2v) is 3.72. The molecule has 0 fully saturated rings. The summed E-state index contributed by atoms with van der Waals surface area (Å²) in [4.78, 5) is 11.5. The van der Waals surface area contributed by atoms with Crippen LogP contribution in [-0.2, 0) is 4.79 Å². The highest BCUT2D eigenvalue weighted by Gasteiger charge is 2.15. The maximum Gasteiger partial charge on any atom is 0.237 e. The molecule has 1 unspecified atom stereocenters. The van der Waals surface area contributed by atoms with E-state index in [4.69, 9.17) is 23.2 Å². The topological polar surface area (TPSA) is 41.1 Å². The molecule has 1 amide bonds. The van der Waals surface area contributed by atoms with Gasteiger partial charge < -0.3 is 10.6 Å². The molecule has 5 heteroatoms. The zero-order chi connectivity index (χ0) is 10.8.